The summed E-state index contributed by atoms with van der Waals surface area (Å²) in [5.74, 6) is 0.678. The Morgan fingerprint density at radius 2 is 1.86 bits per heavy atom. The highest BCUT2D eigenvalue weighted by Gasteiger charge is 2.22. The van der Waals surface area contributed by atoms with Crippen LogP contribution in [0.25, 0.3) is 0 Å². The maximum Gasteiger partial charge on any atom is 0.260 e. The normalized spacial score (nSPS) is 13.8. The summed E-state index contributed by atoms with van der Waals surface area (Å²) in [5.41, 5.74) is 1.92. The van der Waals surface area contributed by atoms with Crippen LogP contribution in [-0.2, 0) is 16.1 Å². The summed E-state index contributed by atoms with van der Waals surface area (Å²) in [4.78, 5) is 30.5. The lowest BCUT2D eigenvalue weighted by molar-refractivity contribution is -0.134. The van der Waals surface area contributed by atoms with Crippen LogP contribution in [0.1, 0.15) is 18.4 Å². The van der Waals surface area contributed by atoms with Gasteiger partial charge in [0.25, 0.3) is 5.91 Å². The Bertz CT molecular complexity index is 823. The van der Waals surface area contributed by atoms with Gasteiger partial charge in [-0.3, -0.25) is 9.59 Å². The molecule has 6 heteroatoms. The predicted molar refractivity (Wildman–Crippen MR) is 114 cm³/mol. The smallest absolute Gasteiger partial charge is 0.260 e. The zero-order valence-electron chi connectivity index (χ0n) is 17.2. The average Bonchev–Trinajstić information content (AvgIpc) is 3.16. The molecule has 0 atom stereocenters. The van der Waals surface area contributed by atoms with Crippen molar-refractivity contribution in [2.75, 3.05) is 45.2 Å². The van der Waals surface area contributed by atoms with E-state index in [1.165, 1.54) is 0 Å². The third kappa shape index (κ3) is 6.06. The first-order valence-corrected chi connectivity index (χ1v) is 10.0. The van der Waals surface area contributed by atoms with Gasteiger partial charge in [0.05, 0.1) is 0 Å². The van der Waals surface area contributed by atoms with Gasteiger partial charge in [-0.2, -0.15) is 0 Å². The van der Waals surface area contributed by atoms with Gasteiger partial charge in [0.1, 0.15) is 5.75 Å². The second kappa shape index (κ2) is 10.1. The van der Waals surface area contributed by atoms with Crippen LogP contribution in [0.3, 0.4) is 0 Å². The molecule has 2 aromatic carbocycles. The van der Waals surface area contributed by atoms with Crippen LogP contribution in [0.4, 0.5) is 5.69 Å². The van der Waals surface area contributed by atoms with Gasteiger partial charge in [0.15, 0.2) is 6.61 Å². The lowest BCUT2D eigenvalue weighted by Gasteiger charge is -2.25. The number of amides is 2. The summed E-state index contributed by atoms with van der Waals surface area (Å²) < 4.78 is 5.79. The van der Waals surface area contributed by atoms with Crippen molar-refractivity contribution in [1.29, 1.82) is 0 Å². The van der Waals surface area contributed by atoms with Gasteiger partial charge in [-0.05, 0) is 38.2 Å². The molecule has 0 unspecified atom stereocenters. The van der Waals surface area contributed by atoms with Crippen LogP contribution in [0.2, 0.25) is 0 Å². The van der Waals surface area contributed by atoms with Gasteiger partial charge < -0.3 is 19.4 Å². The van der Waals surface area contributed by atoms with Gasteiger partial charge in [-0.25, -0.2) is 0 Å². The minimum absolute atomic E-state index is 0.0301. The largest absolute Gasteiger partial charge is 0.484 e. The van der Waals surface area contributed by atoms with Gasteiger partial charge in [0, 0.05) is 44.4 Å². The van der Waals surface area contributed by atoms with Crippen molar-refractivity contribution in [3.63, 3.8) is 0 Å². The van der Waals surface area contributed by atoms with Gasteiger partial charge in [-0.15, -0.1) is 0 Å². The van der Waals surface area contributed by atoms with E-state index in [0.29, 0.717) is 25.3 Å². The summed E-state index contributed by atoms with van der Waals surface area (Å²) in [6, 6.07) is 17.4. The third-order valence-electron chi connectivity index (χ3n) is 4.95. The van der Waals surface area contributed by atoms with Gasteiger partial charge in [-0.1, -0.05) is 36.4 Å². The standard InChI is InChI=1S/C23H29N3O3/c1-24(2)14-15-25(17-19-8-4-3-5-9-19)23(28)18-29-21-11-6-10-20(16-21)26-13-7-12-22(26)27/h3-6,8-11,16H,7,12-15,17-18H2,1-2H3. The van der Waals surface area contributed by atoms with Crippen molar-refractivity contribution < 1.29 is 14.3 Å². The molecule has 1 saturated heterocycles. The number of carbonyl (C=O) groups is 2. The van der Waals surface area contributed by atoms with Crippen molar-refractivity contribution in [1.82, 2.24) is 9.80 Å². The number of benzene rings is 2. The van der Waals surface area contributed by atoms with Gasteiger partial charge >= 0.3 is 0 Å². The molecule has 0 N–H and O–H groups in total. The number of nitrogens with zero attached hydrogens (tertiary/aromatic N) is 3. The van der Waals surface area contributed by atoms with Crippen LogP contribution < -0.4 is 9.64 Å². The molecule has 1 aliphatic rings. The minimum atomic E-state index is -0.0571. The molecule has 0 saturated carbocycles. The fourth-order valence-corrected chi connectivity index (χ4v) is 3.32. The Balaban J connectivity index is 1.62. The van der Waals surface area contributed by atoms with E-state index in [1.807, 2.05) is 73.6 Å². The molecule has 1 aliphatic heterocycles. The molecule has 0 aliphatic carbocycles. The Kier molecular flexibility index (Phi) is 7.25. The molecule has 0 bridgehead atoms. The Morgan fingerprint density at radius 1 is 1.07 bits per heavy atom. The van der Waals surface area contributed by atoms with E-state index < -0.39 is 0 Å². The predicted octanol–water partition coefficient (Wildman–Crippen LogP) is 2.78. The Morgan fingerprint density at radius 3 is 2.55 bits per heavy atom. The fraction of sp³-hybridized carbons (Fsp3) is 0.391. The topological polar surface area (TPSA) is 53.1 Å². The lowest BCUT2D eigenvalue weighted by Crippen LogP contribution is -2.39. The first-order valence-electron chi connectivity index (χ1n) is 10.0. The maximum absolute atomic E-state index is 12.8. The zero-order valence-corrected chi connectivity index (χ0v) is 17.2. The van der Waals surface area contributed by atoms with Crippen molar-refractivity contribution in [3.8, 4) is 5.75 Å². The Labute approximate surface area is 172 Å². The van der Waals surface area contributed by atoms with Crippen molar-refractivity contribution >= 4 is 17.5 Å². The fourth-order valence-electron chi connectivity index (χ4n) is 3.32. The highest BCUT2D eigenvalue weighted by atomic mass is 16.5. The highest BCUT2D eigenvalue weighted by molar-refractivity contribution is 5.95. The van der Waals surface area contributed by atoms with Crippen molar-refractivity contribution in [3.05, 3.63) is 60.2 Å². The number of anilines is 1. The molecule has 0 aromatic heterocycles. The molecule has 1 fully saturated rings. The van der Waals surface area contributed by atoms with Crippen LogP contribution in [0, 0.1) is 0 Å². The van der Waals surface area contributed by atoms with Crippen molar-refractivity contribution in [2.45, 2.75) is 19.4 Å². The molecule has 3 rings (SSSR count). The summed E-state index contributed by atoms with van der Waals surface area (Å²) in [7, 11) is 3.99. The first kappa shape index (κ1) is 20.9. The zero-order chi connectivity index (χ0) is 20.6. The van der Waals surface area contributed by atoms with E-state index in [-0.39, 0.29) is 18.4 Å². The number of ether oxygens (including phenoxy) is 1. The molecule has 2 amide bonds. The molecular weight excluding hydrogens is 366 g/mol. The average molecular weight is 396 g/mol. The second-order valence-corrected chi connectivity index (χ2v) is 7.54. The van der Waals surface area contributed by atoms with E-state index >= 15 is 0 Å². The van der Waals surface area contributed by atoms with E-state index in [9.17, 15) is 9.59 Å². The monoisotopic (exact) mass is 395 g/mol. The number of carbonyl (C=O) groups excluding carboxylic acids is 2. The number of hydrogen-bond acceptors (Lipinski definition) is 4. The summed E-state index contributed by atoms with van der Waals surface area (Å²) in [5, 5.41) is 0. The molecule has 6 nitrogen and oxygen atoms in total. The molecule has 154 valence electrons. The molecule has 0 spiro atoms. The summed E-state index contributed by atoms with van der Waals surface area (Å²) >= 11 is 0. The molecule has 0 radical (unpaired) electrons. The van der Waals surface area contributed by atoms with Crippen LogP contribution in [-0.4, -0.2) is 62.0 Å². The molecule has 29 heavy (non-hydrogen) atoms. The van der Waals surface area contributed by atoms with Crippen LogP contribution in [0.5, 0.6) is 5.75 Å². The second-order valence-electron chi connectivity index (χ2n) is 7.54. The first-order chi connectivity index (χ1) is 14.0. The number of rotatable bonds is 9. The van der Waals surface area contributed by atoms with Crippen LogP contribution >= 0.6 is 0 Å². The lowest BCUT2D eigenvalue weighted by atomic mass is 10.2. The van der Waals surface area contributed by atoms with E-state index in [0.717, 1.165) is 30.8 Å². The molecule has 1 heterocycles. The summed E-state index contributed by atoms with van der Waals surface area (Å²) in [6.07, 6.45) is 1.46. The highest BCUT2D eigenvalue weighted by Crippen LogP contribution is 2.25. The molecule has 2 aromatic rings. The van der Waals surface area contributed by atoms with Gasteiger partial charge in [0.2, 0.25) is 5.91 Å². The number of hydrogen-bond donors (Lipinski definition) is 0. The SMILES string of the molecule is CN(C)CCN(Cc1ccccc1)C(=O)COc1cccc(N2CCCC2=O)c1. The van der Waals surface area contributed by atoms with E-state index in [1.54, 1.807) is 4.90 Å². The van der Waals surface area contributed by atoms with E-state index in [4.69, 9.17) is 4.74 Å². The minimum Gasteiger partial charge on any atom is -0.484 e. The Hall–Kier alpha value is -2.86. The van der Waals surface area contributed by atoms with Crippen LogP contribution in [0.15, 0.2) is 54.6 Å². The molecular formula is C23H29N3O3. The van der Waals surface area contributed by atoms with Crippen molar-refractivity contribution in [2.24, 2.45) is 0 Å². The maximum atomic E-state index is 12.8. The van der Waals surface area contributed by atoms with E-state index in [2.05, 4.69) is 4.90 Å². The quantitative estimate of drug-likeness (QED) is 0.655. The third-order valence-corrected chi connectivity index (χ3v) is 4.95. The summed E-state index contributed by atoms with van der Waals surface area (Å²) in [6.45, 7) is 2.67. The number of likely N-dealkylation sites (N-methyl/N-ethyl adjacent to an activating group) is 1.